The van der Waals surface area contributed by atoms with Crippen molar-refractivity contribution in [3.8, 4) is 0 Å². The lowest BCUT2D eigenvalue weighted by atomic mass is 9.98. The van der Waals surface area contributed by atoms with Crippen molar-refractivity contribution in [1.29, 1.82) is 0 Å². The zero-order valence-electron chi connectivity index (χ0n) is 14.5. The molecule has 0 atom stereocenters. The van der Waals surface area contributed by atoms with E-state index in [0.717, 1.165) is 16.3 Å². The molecule has 0 aliphatic carbocycles. The molecule has 2 amide bonds. The molecule has 2 heterocycles. The van der Waals surface area contributed by atoms with E-state index in [0.29, 0.717) is 24.6 Å². The van der Waals surface area contributed by atoms with Crippen LogP contribution in [0.25, 0.3) is 0 Å². The van der Waals surface area contributed by atoms with Gasteiger partial charge in [0.2, 0.25) is 0 Å². The summed E-state index contributed by atoms with van der Waals surface area (Å²) in [4.78, 5) is 30.4. The summed E-state index contributed by atoms with van der Waals surface area (Å²) in [5, 5.41) is 3.85. The van der Waals surface area contributed by atoms with Crippen LogP contribution in [-0.4, -0.2) is 30.1 Å². The predicted molar refractivity (Wildman–Crippen MR) is 97.1 cm³/mol. The first kappa shape index (κ1) is 17.4. The van der Waals surface area contributed by atoms with E-state index in [2.05, 4.69) is 31.1 Å². The molecule has 1 aliphatic rings. The number of amides is 2. The van der Waals surface area contributed by atoms with Crippen molar-refractivity contribution < 1.29 is 14.3 Å². The molecule has 1 saturated heterocycles. The minimum absolute atomic E-state index is 0.0598. The minimum atomic E-state index is -0.319. The molecule has 25 heavy (non-hydrogen) atoms. The monoisotopic (exact) mass is 359 g/mol. The highest BCUT2D eigenvalue weighted by Gasteiger charge is 2.23. The largest absolute Gasteiger partial charge is 0.447 e. The van der Waals surface area contributed by atoms with Crippen molar-refractivity contribution in [2.45, 2.75) is 32.7 Å². The summed E-state index contributed by atoms with van der Waals surface area (Å²) in [6.45, 7) is 7.63. The van der Waals surface area contributed by atoms with Crippen molar-refractivity contribution in [3.05, 3.63) is 45.9 Å². The quantitative estimate of drug-likeness (QED) is 0.909. The third-order valence-corrected chi connectivity index (χ3v) is 5.25. The van der Waals surface area contributed by atoms with Crippen molar-refractivity contribution in [1.82, 2.24) is 10.3 Å². The second-order valence-electron chi connectivity index (χ2n) is 6.89. The van der Waals surface area contributed by atoms with Gasteiger partial charge in [0.05, 0.1) is 17.7 Å². The van der Waals surface area contributed by atoms with Crippen LogP contribution in [0.15, 0.2) is 30.5 Å². The first-order chi connectivity index (χ1) is 11.8. The third-order valence-electron chi connectivity index (χ3n) is 3.83. The van der Waals surface area contributed by atoms with Crippen LogP contribution >= 0.6 is 11.3 Å². The smallest absolute Gasteiger partial charge is 0.414 e. The molecular weight excluding hydrogens is 338 g/mol. The number of carbonyl (C=O) groups is 2. The number of carbonyl (C=O) groups excluding carboxylic acids is 2. The predicted octanol–water partition coefficient (Wildman–Crippen LogP) is 3.33. The van der Waals surface area contributed by atoms with Gasteiger partial charge >= 0.3 is 6.09 Å². The molecule has 1 N–H and O–H groups in total. The average Bonchev–Trinajstić information content (AvgIpc) is 3.22. The number of ether oxygens (including phenoxy) is 1. The highest BCUT2D eigenvalue weighted by atomic mass is 32.1. The van der Waals surface area contributed by atoms with Gasteiger partial charge in [-0.1, -0.05) is 32.9 Å². The fraction of sp³-hybridized carbons (Fsp3) is 0.389. The Bertz CT molecular complexity index is 778. The number of nitrogens with zero attached hydrogens (tertiary/aromatic N) is 2. The Morgan fingerprint density at radius 2 is 2.04 bits per heavy atom. The van der Waals surface area contributed by atoms with Crippen molar-refractivity contribution in [3.63, 3.8) is 0 Å². The first-order valence-corrected chi connectivity index (χ1v) is 8.94. The topological polar surface area (TPSA) is 71.5 Å². The fourth-order valence-electron chi connectivity index (χ4n) is 2.42. The van der Waals surface area contributed by atoms with Gasteiger partial charge in [0.15, 0.2) is 0 Å². The maximum Gasteiger partial charge on any atom is 0.414 e. The zero-order valence-corrected chi connectivity index (χ0v) is 15.4. The summed E-state index contributed by atoms with van der Waals surface area (Å²) < 4.78 is 4.93. The number of hydrogen-bond acceptors (Lipinski definition) is 5. The number of benzene rings is 1. The molecule has 6 nitrogen and oxygen atoms in total. The second-order valence-corrected chi connectivity index (χ2v) is 7.93. The Balaban J connectivity index is 1.59. The van der Waals surface area contributed by atoms with Gasteiger partial charge in [-0.25, -0.2) is 9.78 Å². The highest BCUT2D eigenvalue weighted by molar-refractivity contribution is 7.13. The lowest BCUT2D eigenvalue weighted by Gasteiger charge is -2.13. The summed E-state index contributed by atoms with van der Waals surface area (Å²) >= 11 is 1.42. The molecule has 3 rings (SSSR count). The third kappa shape index (κ3) is 3.99. The van der Waals surface area contributed by atoms with Crippen molar-refractivity contribution >= 4 is 29.0 Å². The Kier molecular flexibility index (Phi) is 4.76. The Morgan fingerprint density at radius 1 is 1.32 bits per heavy atom. The lowest BCUT2D eigenvalue weighted by Crippen LogP contribution is -2.24. The van der Waals surface area contributed by atoms with Crippen molar-refractivity contribution in [2.24, 2.45) is 0 Å². The molecular formula is C18H21N3O3S. The van der Waals surface area contributed by atoms with E-state index in [1.54, 1.807) is 11.1 Å². The molecule has 1 aromatic carbocycles. The molecule has 0 spiro atoms. The van der Waals surface area contributed by atoms with Crippen LogP contribution in [0.5, 0.6) is 0 Å². The van der Waals surface area contributed by atoms with E-state index in [-0.39, 0.29) is 17.4 Å². The molecule has 0 radical (unpaired) electrons. The summed E-state index contributed by atoms with van der Waals surface area (Å²) in [6, 6.07) is 7.51. The zero-order chi connectivity index (χ0) is 18.0. The minimum Gasteiger partial charge on any atom is -0.447 e. The van der Waals surface area contributed by atoms with E-state index in [9.17, 15) is 9.59 Å². The van der Waals surface area contributed by atoms with Crippen LogP contribution in [0.3, 0.4) is 0 Å². The van der Waals surface area contributed by atoms with E-state index >= 15 is 0 Å². The van der Waals surface area contributed by atoms with Gasteiger partial charge in [0, 0.05) is 17.6 Å². The highest BCUT2D eigenvalue weighted by Crippen LogP contribution is 2.26. The van der Waals surface area contributed by atoms with E-state index in [1.165, 1.54) is 11.3 Å². The van der Waals surface area contributed by atoms with Crippen LogP contribution < -0.4 is 10.2 Å². The van der Waals surface area contributed by atoms with Gasteiger partial charge in [0.25, 0.3) is 5.91 Å². The van der Waals surface area contributed by atoms with Gasteiger partial charge < -0.3 is 10.1 Å². The molecule has 0 saturated carbocycles. The molecule has 1 aliphatic heterocycles. The molecule has 1 aromatic heterocycles. The Hall–Kier alpha value is -2.41. The molecule has 0 unspecified atom stereocenters. The van der Waals surface area contributed by atoms with E-state index in [4.69, 9.17) is 4.74 Å². The summed E-state index contributed by atoms with van der Waals surface area (Å²) in [5.41, 5.74) is 1.70. The molecule has 7 heteroatoms. The number of hydrogen-bond donors (Lipinski definition) is 1. The van der Waals surface area contributed by atoms with Crippen molar-refractivity contribution in [2.75, 3.05) is 18.1 Å². The standard InChI is InChI=1S/C18H21N3O3S/c1-18(2,3)16-20-11-14(25-16)15(22)19-10-12-4-6-13(7-5-12)21-8-9-24-17(21)23/h4-7,11H,8-10H2,1-3H3,(H,19,22). The maximum atomic E-state index is 12.3. The van der Waals surface area contributed by atoms with Crippen LogP contribution in [-0.2, 0) is 16.7 Å². The fourth-order valence-corrected chi connectivity index (χ4v) is 3.31. The van der Waals surface area contributed by atoms with Gasteiger partial charge in [-0.2, -0.15) is 0 Å². The number of nitrogens with one attached hydrogen (secondary N) is 1. The normalized spacial score (nSPS) is 14.5. The molecule has 2 aromatic rings. The number of cyclic esters (lactones) is 1. The van der Waals surface area contributed by atoms with Crippen LogP contribution in [0.2, 0.25) is 0 Å². The van der Waals surface area contributed by atoms with Gasteiger partial charge in [-0.3, -0.25) is 9.69 Å². The maximum absolute atomic E-state index is 12.3. The number of thiazole rings is 1. The molecule has 1 fully saturated rings. The number of anilines is 1. The summed E-state index contributed by atoms with van der Waals surface area (Å²) in [7, 11) is 0. The van der Waals surface area contributed by atoms with Gasteiger partial charge in [-0.05, 0) is 17.7 Å². The molecule has 0 bridgehead atoms. The van der Waals surface area contributed by atoms with Crippen LogP contribution in [0.1, 0.15) is 41.0 Å². The average molecular weight is 359 g/mol. The SMILES string of the molecule is CC(C)(C)c1ncc(C(=O)NCc2ccc(N3CCOC3=O)cc2)s1. The molecule has 132 valence electrons. The Labute approximate surface area is 150 Å². The lowest BCUT2D eigenvalue weighted by molar-refractivity contribution is 0.0954. The Morgan fingerprint density at radius 3 is 2.60 bits per heavy atom. The summed E-state index contributed by atoms with van der Waals surface area (Å²) in [5.74, 6) is -0.125. The van der Waals surface area contributed by atoms with Crippen LogP contribution in [0, 0.1) is 0 Å². The van der Waals surface area contributed by atoms with Gasteiger partial charge in [0.1, 0.15) is 11.5 Å². The van der Waals surface area contributed by atoms with E-state index in [1.807, 2.05) is 24.3 Å². The second kappa shape index (κ2) is 6.84. The number of aromatic nitrogens is 1. The summed E-state index contributed by atoms with van der Waals surface area (Å²) in [6.07, 6.45) is 1.31. The van der Waals surface area contributed by atoms with Crippen LogP contribution in [0.4, 0.5) is 10.5 Å². The first-order valence-electron chi connectivity index (χ1n) is 8.12. The van der Waals surface area contributed by atoms with Gasteiger partial charge in [-0.15, -0.1) is 11.3 Å². The van der Waals surface area contributed by atoms with E-state index < -0.39 is 0 Å². The number of rotatable bonds is 4.